The number of carboxylic acid groups (broad SMARTS) is 1. The van der Waals surface area contributed by atoms with E-state index >= 15 is 0 Å². The molecule has 2 aromatic rings. The van der Waals surface area contributed by atoms with Gasteiger partial charge in [-0.05, 0) is 12.5 Å². The first-order chi connectivity index (χ1) is 7.15. The predicted molar refractivity (Wildman–Crippen MR) is 47.3 cm³/mol. The molecule has 2 aromatic heterocycles. The van der Waals surface area contributed by atoms with Gasteiger partial charge in [-0.1, -0.05) is 5.16 Å². The molecule has 0 aromatic carbocycles. The average molecular weight is 208 g/mol. The minimum atomic E-state index is -1.23. The van der Waals surface area contributed by atoms with E-state index in [1.807, 2.05) is 6.92 Å². The van der Waals surface area contributed by atoms with Crippen LogP contribution in [-0.2, 0) is 6.54 Å². The van der Waals surface area contributed by atoms with Crippen molar-refractivity contribution in [2.45, 2.75) is 13.5 Å². The number of rotatable bonds is 3. The number of hydrogen-bond acceptors (Lipinski definition) is 5. The monoisotopic (exact) mass is 208 g/mol. The Labute approximate surface area is 84.3 Å². The summed E-state index contributed by atoms with van der Waals surface area (Å²) in [5.41, 5.74) is 1.01. The lowest BCUT2D eigenvalue weighted by molar-refractivity contribution is 0.0643. The Kier molecular flexibility index (Phi) is 2.20. The maximum absolute atomic E-state index is 10.5. The van der Waals surface area contributed by atoms with Gasteiger partial charge in [0, 0.05) is 6.20 Å². The maximum atomic E-state index is 10.5. The van der Waals surface area contributed by atoms with Gasteiger partial charge < -0.3 is 9.63 Å². The third kappa shape index (κ3) is 2.01. The van der Waals surface area contributed by atoms with E-state index in [4.69, 9.17) is 5.11 Å². The molecule has 15 heavy (non-hydrogen) atoms. The van der Waals surface area contributed by atoms with Crippen molar-refractivity contribution < 1.29 is 14.4 Å². The molecule has 2 rings (SSSR count). The summed E-state index contributed by atoms with van der Waals surface area (Å²) in [7, 11) is 0. The summed E-state index contributed by atoms with van der Waals surface area (Å²) in [4.78, 5) is 14.1. The maximum Gasteiger partial charge on any atom is 0.394 e. The van der Waals surface area contributed by atoms with E-state index in [9.17, 15) is 4.79 Å². The average Bonchev–Trinajstić information content (AvgIpc) is 2.76. The second kappa shape index (κ2) is 3.52. The molecule has 1 N–H and O–H groups in total. The lowest BCUT2D eigenvalue weighted by Gasteiger charge is -1.93. The van der Waals surface area contributed by atoms with Gasteiger partial charge in [0.25, 0.3) is 0 Å². The Bertz CT molecular complexity index is 488. The van der Waals surface area contributed by atoms with Crippen molar-refractivity contribution in [2.24, 2.45) is 0 Å². The van der Waals surface area contributed by atoms with E-state index in [1.54, 1.807) is 17.1 Å². The Morgan fingerprint density at radius 2 is 2.47 bits per heavy atom. The number of hydrogen-bond donors (Lipinski definition) is 1. The fourth-order valence-electron chi connectivity index (χ4n) is 1.10. The fraction of sp³-hybridized carbons (Fsp3) is 0.250. The van der Waals surface area contributed by atoms with Crippen LogP contribution in [0.25, 0.3) is 0 Å². The fourth-order valence-corrected chi connectivity index (χ4v) is 1.10. The molecule has 0 aliphatic heterocycles. The molecule has 0 aliphatic carbocycles. The first-order valence-electron chi connectivity index (χ1n) is 4.20. The molecule has 0 bridgehead atoms. The lowest BCUT2D eigenvalue weighted by atomic mass is 10.4. The van der Waals surface area contributed by atoms with Gasteiger partial charge in [0.15, 0.2) is 5.82 Å². The molecule has 78 valence electrons. The smallest absolute Gasteiger partial charge is 0.394 e. The van der Waals surface area contributed by atoms with Crippen LogP contribution in [0, 0.1) is 6.92 Å². The number of aromatic nitrogens is 4. The van der Waals surface area contributed by atoms with Crippen LogP contribution in [0.15, 0.2) is 16.9 Å². The van der Waals surface area contributed by atoms with Crippen molar-refractivity contribution in [3.05, 3.63) is 29.7 Å². The lowest BCUT2D eigenvalue weighted by Crippen LogP contribution is -2.02. The third-order valence-corrected chi connectivity index (χ3v) is 1.72. The van der Waals surface area contributed by atoms with E-state index in [0.717, 1.165) is 5.56 Å². The van der Waals surface area contributed by atoms with Crippen molar-refractivity contribution in [1.82, 2.24) is 19.9 Å². The third-order valence-electron chi connectivity index (χ3n) is 1.72. The zero-order valence-corrected chi connectivity index (χ0v) is 7.91. The summed E-state index contributed by atoms with van der Waals surface area (Å²) in [6.45, 7) is 2.20. The minimum Gasteiger partial charge on any atom is -0.474 e. The van der Waals surface area contributed by atoms with Crippen LogP contribution < -0.4 is 0 Å². The molecule has 0 saturated heterocycles. The van der Waals surface area contributed by atoms with E-state index in [2.05, 4.69) is 19.8 Å². The zero-order chi connectivity index (χ0) is 10.8. The summed E-state index contributed by atoms with van der Waals surface area (Å²) >= 11 is 0. The Balaban J connectivity index is 2.14. The number of aryl methyl sites for hydroxylation is 1. The Morgan fingerprint density at radius 1 is 1.67 bits per heavy atom. The predicted octanol–water partition coefficient (Wildman–Crippen LogP) is 0.321. The van der Waals surface area contributed by atoms with E-state index in [-0.39, 0.29) is 5.82 Å². The van der Waals surface area contributed by atoms with Crippen LogP contribution in [-0.4, -0.2) is 31.0 Å². The van der Waals surface area contributed by atoms with E-state index in [1.165, 1.54) is 0 Å². The van der Waals surface area contributed by atoms with Gasteiger partial charge in [0.05, 0.1) is 6.20 Å². The highest BCUT2D eigenvalue weighted by molar-refractivity contribution is 5.81. The van der Waals surface area contributed by atoms with Crippen LogP contribution in [0.5, 0.6) is 0 Å². The van der Waals surface area contributed by atoms with Crippen molar-refractivity contribution in [3.63, 3.8) is 0 Å². The highest BCUT2D eigenvalue weighted by atomic mass is 16.5. The molecule has 0 radical (unpaired) electrons. The summed E-state index contributed by atoms with van der Waals surface area (Å²) in [6, 6.07) is 0. The van der Waals surface area contributed by atoms with Gasteiger partial charge >= 0.3 is 11.9 Å². The first kappa shape index (κ1) is 9.38. The molecule has 7 nitrogen and oxygen atoms in total. The molecule has 0 spiro atoms. The van der Waals surface area contributed by atoms with Gasteiger partial charge in [-0.15, -0.1) is 0 Å². The molecule has 0 aliphatic rings. The molecular formula is C8H8N4O3. The number of aromatic carboxylic acids is 1. The topological polar surface area (TPSA) is 94.0 Å². The normalized spacial score (nSPS) is 10.5. The quantitative estimate of drug-likeness (QED) is 0.780. The summed E-state index contributed by atoms with van der Waals surface area (Å²) in [5.74, 6) is -1.35. The first-order valence-corrected chi connectivity index (χ1v) is 4.20. The van der Waals surface area contributed by atoms with Crippen LogP contribution >= 0.6 is 0 Å². The van der Waals surface area contributed by atoms with Crippen molar-refractivity contribution in [1.29, 1.82) is 0 Å². The van der Waals surface area contributed by atoms with Crippen molar-refractivity contribution in [2.75, 3.05) is 0 Å². The van der Waals surface area contributed by atoms with Crippen molar-refractivity contribution in [3.8, 4) is 0 Å². The largest absolute Gasteiger partial charge is 0.474 e. The summed E-state index contributed by atoms with van der Waals surface area (Å²) in [6.07, 6.45) is 3.50. The van der Waals surface area contributed by atoms with Crippen LogP contribution in [0.3, 0.4) is 0 Å². The molecular weight excluding hydrogens is 200 g/mol. The highest BCUT2D eigenvalue weighted by Gasteiger charge is 2.13. The SMILES string of the molecule is Cc1cnn(Cc2noc(C(=O)O)n2)c1. The van der Waals surface area contributed by atoms with Gasteiger partial charge in [-0.3, -0.25) is 4.68 Å². The summed E-state index contributed by atoms with van der Waals surface area (Å²) < 4.78 is 6.11. The number of nitrogens with zero attached hydrogens (tertiary/aromatic N) is 4. The standard InChI is InChI=1S/C8H8N4O3/c1-5-2-9-12(3-5)4-6-10-7(8(13)14)15-11-6/h2-3H,4H2,1H3,(H,13,14). The van der Waals surface area contributed by atoms with E-state index in [0.29, 0.717) is 6.54 Å². The highest BCUT2D eigenvalue weighted by Crippen LogP contribution is 2.01. The van der Waals surface area contributed by atoms with Gasteiger partial charge in [-0.25, -0.2) is 4.79 Å². The van der Waals surface area contributed by atoms with Gasteiger partial charge in [0.2, 0.25) is 0 Å². The second-order valence-corrected chi connectivity index (χ2v) is 3.04. The Morgan fingerprint density at radius 3 is 3.00 bits per heavy atom. The van der Waals surface area contributed by atoms with Crippen molar-refractivity contribution >= 4 is 5.97 Å². The molecule has 0 fully saturated rings. The zero-order valence-electron chi connectivity index (χ0n) is 7.91. The van der Waals surface area contributed by atoms with Gasteiger partial charge in [-0.2, -0.15) is 10.1 Å². The minimum absolute atomic E-state index is 0.288. The van der Waals surface area contributed by atoms with Crippen LogP contribution in [0.1, 0.15) is 22.1 Å². The Hall–Kier alpha value is -2.18. The van der Waals surface area contributed by atoms with Crippen LogP contribution in [0.4, 0.5) is 0 Å². The molecule has 0 saturated carbocycles. The molecule has 2 heterocycles. The van der Waals surface area contributed by atoms with E-state index < -0.39 is 11.9 Å². The summed E-state index contributed by atoms with van der Waals surface area (Å²) in [5, 5.41) is 16.1. The number of carbonyl (C=O) groups is 1. The molecule has 0 unspecified atom stereocenters. The van der Waals surface area contributed by atoms with Crippen LogP contribution in [0.2, 0.25) is 0 Å². The van der Waals surface area contributed by atoms with Gasteiger partial charge in [0.1, 0.15) is 6.54 Å². The molecule has 0 amide bonds. The second-order valence-electron chi connectivity index (χ2n) is 3.04. The molecule has 0 atom stereocenters. The number of carboxylic acids is 1. The molecule has 7 heteroatoms.